The Bertz CT molecular complexity index is 1470. The molecule has 2 aromatic heterocycles. The van der Waals surface area contributed by atoms with Crippen molar-refractivity contribution in [2.45, 2.75) is 31.7 Å². The van der Waals surface area contributed by atoms with Gasteiger partial charge < -0.3 is 15.5 Å². The highest BCUT2D eigenvalue weighted by Gasteiger charge is 2.25. The predicted octanol–water partition coefficient (Wildman–Crippen LogP) is 4.29. The molecule has 1 aliphatic carbocycles. The zero-order chi connectivity index (χ0) is 25.2. The second-order valence-electron chi connectivity index (χ2n) is 9.75. The fourth-order valence-corrected chi connectivity index (χ4v) is 5.40. The molecule has 0 amide bonds. The van der Waals surface area contributed by atoms with Crippen molar-refractivity contribution >= 4 is 34.1 Å². The number of pyridine rings is 1. The number of ketones is 1. The van der Waals surface area contributed by atoms with Crippen LogP contribution in [0.3, 0.4) is 0 Å². The molecule has 3 heterocycles. The summed E-state index contributed by atoms with van der Waals surface area (Å²) in [5.74, 6) is 0.154. The molecule has 2 aliphatic rings. The van der Waals surface area contributed by atoms with E-state index in [1.54, 1.807) is 41.1 Å². The second kappa shape index (κ2) is 10.1. The number of fused-ring (bicyclic) bond motifs is 1. The third kappa shape index (κ3) is 4.72. The summed E-state index contributed by atoms with van der Waals surface area (Å²) in [4.78, 5) is 38.6. The summed E-state index contributed by atoms with van der Waals surface area (Å²) in [5, 5.41) is 7.35. The van der Waals surface area contributed by atoms with Gasteiger partial charge in [-0.2, -0.15) is 4.98 Å². The Balaban J connectivity index is 1.35. The number of nitrogens with zero attached hydrogens (tertiary/aromatic N) is 4. The number of carbonyl (C=O) groups is 1. The molecule has 0 spiro atoms. The predicted molar refractivity (Wildman–Crippen MR) is 146 cm³/mol. The van der Waals surface area contributed by atoms with Gasteiger partial charge in [-0.15, -0.1) is 0 Å². The van der Waals surface area contributed by atoms with E-state index in [2.05, 4.69) is 32.7 Å². The van der Waals surface area contributed by atoms with Crippen LogP contribution in [-0.2, 0) is 0 Å². The molecular formula is C29H30N6O2. The number of aromatic nitrogens is 3. The lowest BCUT2D eigenvalue weighted by Gasteiger charge is -2.29. The minimum absolute atomic E-state index is 0.0274. The van der Waals surface area contributed by atoms with Gasteiger partial charge in [0.25, 0.3) is 5.56 Å². The van der Waals surface area contributed by atoms with Crippen LogP contribution < -0.4 is 21.1 Å². The Morgan fingerprint density at radius 1 is 0.973 bits per heavy atom. The van der Waals surface area contributed by atoms with E-state index in [0.717, 1.165) is 57.5 Å². The molecule has 0 unspecified atom stereocenters. The molecule has 1 saturated carbocycles. The molecule has 0 bridgehead atoms. The molecular weight excluding hydrogens is 464 g/mol. The topological polar surface area (TPSA) is 92.2 Å². The molecule has 2 aromatic carbocycles. The van der Waals surface area contributed by atoms with Gasteiger partial charge in [0.1, 0.15) is 5.65 Å². The van der Waals surface area contributed by atoms with E-state index < -0.39 is 0 Å². The van der Waals surface area contributed by atoms with E-state index in [1.165, 1.54) is 5.69 Å². The van der Waals surface area contributed by atoms with Crippen molar-refractivity contribution < 1.29 is 4.79 Å². The van der Waals surface area contributed by atoms with Gasteiger partial charge in [0.2, 0.25) is 5.95 Å². The van der Waals surface area contributed by atoms with E-state index >= 15 is 0 Å². The number of benzene rings is 2. The number of carbonyl (C=O) groups excluding carboxylic acids is 1. The van der Waals surface area contributed by atoms with Gasteiger partial charge in [0.15, 0.2) is 5.78 Å². The summed E-state index contributed by atoms with van der Waals surface area (Å²) in [7, 11) is 0. The Kier molecular flexibility index (Phi) is 6.40. The summed E-state index contributed by atoms with van der Waals surface area (Å²) >= 11 is 0. The first-order valence-electron chi connectivity index (χ1n) is 13.0. The molecule has 188 valence electrons. The van der Waals surface area contributed by atoms with E-state index in [-0.39, 0.29) is 22.9 Å². The quantitative estimate of drug-likeness (QED) is 0.386. The molecule has 8 heteroatoms. The van der Waals surface area contributed by atoms with Crippen LogP contribution >= 0.6 is 0 Å². The van der Waals surface area contributed by atoms with Gasteiger partial charge in [-0.05, 0) is 43.2 Å². The first-order chi connectivity index (χ1) is 18.2. The third-order valence-corrected chi connectivity index (χ3v) is 7.35. The van der Waals surface area contributed by atoms with Crippen LogP contribution in [0.2, 0.25) is 0 Å². The van der Waals surface area contributed by atoms with Crippen molar-refractivity contribution in [3.8, 4) is 0 Å². The third-order valence-electron chi connectivity index (χ3n) is 7.35. The SMILES string of the molecule is O=C(c1ccccc1)c1cc2cnc(Nc3ccc(N4CCNCC4)cc3)nc2n(C2CCCC2)c1=O. The van der Waals surface area contributed by atoms with Crippen molar-refractivity contribution in [2.75, 3.05) is 36.4 Å². The van der Waals surface area contributed by atoms with E-state index in [9.17, 15) is 9.59 Å². The maximum absolute atomic E-state index is 13.7. The van der Waals surface area contributed by atoms with Crippen LogP contribution in [0.5, 0.6) is 0 Å². The van der Waals surface area contributed by atoms with Gasteiger partial charge in [-0.3, -0.25) is 14.2 Å². The monoisotopic (exact) mass is 494 g/mol. The van der Waals surface area contributed by atoms with Gasteiger partial charge in [-0.1, -0.05) is 43.2 Å². The van der Waals surface area contributed by atoms with E-state index in [4.69, 9.17) is 4.98 Å². The lowest BCUT2D eigenvalue weighted by molar-refractivity contribution is 0.103. The average Bonchev–Trinajstić information content (AvgIpc) is 3.48. The summed E-state index contributed by atoms with van der Waals surface area (Å²) < 4.78 is 1.73. The molecule has 0 radical (unpaired) electrons. The fourth-order valence-electron chi connectivity index (χ4n) is 5.40. The smallest absolute Gasteiger partial charge is 0.263 e. The Morgan fingerprint density at radius 2 is 1.70 bits per heavy atom. The molecule has 6 rings (SSSR count). The fraction of sp³-hybridized carbons (Fsp3) is 0.310. The Morgan fingerprint density at radius 3 is 2.43 bits per heavy atom. The maximum Gasteiger partial charge on any atom is 0.263 e. The first-order valence-corrected chi connectivity index (χ1v) is 13.0. The van der Waals surface area contributed by atoms with E-state index in [0.29, 0.717) is 22.5 Å². The lowest BCUT2D eigenvalue weighted by Crippen LogP contribution is -2.43. The van der Waals surface area contributed by atoms with Crippen LogP contribution in [0.25, 0.3) is 11.0 Å². The zero-order valence-electron chi connectivity index (χ0n) is 20.7. The normalized spacial score (nSPS) is 16.3. The van der Waals surface area contributed by atoms with Crippen LogP contribution in [0.1, 0.15) is 47.6 Å². The van der Waals surface area contributed by atoms with Gasteiger partial charge in [-0.25, -0.2) is 4.98 Å². The van der Waals surface area contributed by atoms with Gasteiger partial charge in [0, 0.05) is 60.7 Å². The van der Waals surface area contributed by atoms with Crippen molar-refractivity contribution in [1.82, 2.24) is 19.9 Å². The van der Waals surface area contributed by atoms with Crippen LogP contribution in [0, 0.1) is 0 Å². The van der Waals surface area contributed by atoms with Gasteiger partial charge in [0.05, 0.1) is 5.56 Å². The van der Waals surface area contributed by atoms with E-state index in [1.807, 2.05) is 18.2 Å². The molecule has 37 heavy (non-hydrogen) atoms. The summed E-state index contributed by atoms with van der Waals surface area (Å²) in [5.41, 5.74) is 3.02. The molecule has 0 atom stereocenters. The van der Waals surface area contributed by atoms with Crippen molar-refractivity contribution in [3.05, 3.63) is 88.3 Å². The number of hydrogen-bond acceptors (Lipinski definition) is 7. The van der Waals surface area contributed by atoms with Crippen molar-refractivity contribution in [1.29, 1.82) is 0 Å². The standard InChI is InChI=1S/C29H30N6O2/c36-26(20-6-2-1-3-7-20)25-18-21-19-31-29(33-27(21)35(28(25)37)24-8-4-5-9-24)32-22-10-12-23(13-11-22)34-16-14-30-15-17-34/h1-3,6-7,10-13,18-19,24,30H,4-5,8-9,14-17H2,(H,31,32,33). The molecule has 1 saturated heterocycles. The summed E-state index contributed by atoms with van der Waals surface area (Å²) in [6.45, 7) is 3.97. The largest absolute Gasteiger partial charge is 0.369 e. The summed E-state index contributed by atoms with van der Waals surface area (Å²) in [6.07, 6.45) is 5.62. The zero-order valence-corrected chi connectivity index (χ0v) is 20.7. The first kappa shape index (κ1) is 23.4. The van der Waals surface area contributed by atoms with Crippen LogP contribution in [0.15, 0.2) is 71.7 Å². The summed E-state index contributed by atoms with van der Waals surface area (Å²) in [6, 6.07) is 18.9. The number of piperazine rings is 1. The number of nitrogens with one attached hydrogen (secondary N) is 2. The lowest BCUT2D eigenvalue weighted by atomic mass is 10.0. The highest BCUT2D eigenvalue weighted by molar-refractivity contribution is 6.10. The van der Waals surface area contributed by atoms with Crippen molar-refractivity contribution in [3.63, 3.8) is 0 Å². The molecule has 1 aliphatic heterocycles. The average molecular weight is 495 g/mol. The Labute approximate surface area is 215 Å². The second-order valence-corrected chi connectivity index (χ2v) is 9.75. The highest BCUT2D eigenvalue weighted by atomic mass is 16.1. The maximum atomic E-state index is 13.7. The minimum Gasteiger partial charge on any atom is -0.369 e. The van der Waals surface area contributed by atoms with Gasteiger partial charge >= 0.3 is 0 Å². The molecule has 2 N–H and O–H groups in total. The molecule has 2 fully saturated rings. The van der Waals surface area contributed by atoms with Crippen LogP contribution in [-0.4, -0.2) is 46.5 Å². The van der Waals surface area contributed by atoms with Crippen LogP contribution in [0.4, 0.5) is 17.3 Å². The Hall–Kier alpha value is -4.04. The number of anilines is 3. The molecule has 4 aromatic rings. The number of rotatable bonds is 6. The number of hydrogen-bond donors (Lipinski definition) is 2. The molecule has 8 nitrogen and oxygen atoms in total. The minimum atomic E-state index is -0.279. The van der Waals surface area contributed by atoms with Crippen molar-refractivity contribution in [2.24, 2.45) is 0 Å². The highest BCUT2D eigenvalue weighted by Crippen LogP contribution is 2.31.